The number of fused-ring (bicyclic) bond motifs is 1. The second kappa shape index (κ2) is 8.18. The Balaban J connectivity index is 1.45. The fraction of sp³-hybridized carbons (Fsp3) is 0.136. The minimum absolute atomic E-state index is 0.00100. The van der Waals surface area contributed by atoms with Crippen LogP contribution >= 0.6 is 0 Å². The van der Waals surface area contributed by atoms with Crippen LogP contribution in [0.5, 0.6) is 17.2 Å². The molecule has 0 aliphatic carbocycles. The van der Waals surface area contributed by atoms with E-state index in [0.717, 1.165) is 6.07 Å². The number of nitrogens with one attached hydrogen (secondary N) is 1. The first-order chi connectivity index (χ1) is 14.1. The molecule has 1 amide bonds. The molecule has 0 fully saturated rings. The number of anilines is 1. The number of carbonyl (C=O) groups excluding carboxylic acids is 1. The van der Waals surface area contributed by atoms with E-state index in [0.29, 0.717) is 35.8 Å². The summed E-state index contributed by atoms with van der Waals surface area (Å²) in [4.78, 5) is 12.6. The van der Waals surface area contributed by atoms with Gasteiger partial charge in [0.05, 0.1) is 5.56 Å². The van der Waals surface area contributed by atoms with Crippen molar-refractivity contribution >= 4 is 11.6 Å². The van der Waals surface area contributed by atoms with Gasteiger partial charge in [-0.1, -0.05) is 18.2 Å². The third-order valence-electron chi connectivity index (χ3n) is 4.28. The maximum absolute atomic E-state index is 14.4. The van der Waals surface area contributed by atoms with Crippen molar-refractivity contribution in [2.75, 3.05) is 18.5 Å². The first-order valence-corrected chi connectivity index (χ1v) is 8.97. The van der Waals surface area contributed by atoms with Crippen LogP contribution in [0.2, 0.25) is 0 Å². The first-order valence-electron chi connectivity index (χ1n) is 8.97. The Hall–Kier alpha value is -3.61. The Morgan fingerprint density at radius 2 is 1.83 bits per heavy atom. The molecule has 7 heteroatoms. The molecule has 0 atom stereocenters. The number of hydrogen-bond donors (Lipinski definition) is 1. The number of rotatable bonds is 5. The fourth-order valence-corrected chi connectivity index (χ4v) is 2.93. The fourth-order valence-electron chi connectivity index (χ4n) is 2.93. The molecule has 0 spiro atoms. The highest BCUT2D eigenvalue weighted by Crippen LogP contribution is 2.34. The Morgan fingerprint density at radius 3 is 2.66 bits per heavy atom. The number of halogens is 2. The van der Waals surface area contributed by atoms with E-state index in [9.17, 15) is 13.6 Å². The standard InChI is InChI=1S/C22H17F2NO4/c23-15-4-1-3-14(11-15)13-29-19-8-7-16(12-18(19)24)25-22(26)17-5-2-6-20-21(17)28-10-9-27-20/h1-8,11-12H,9-10,13H2,(H,25,26). The van der Waals surface area contributed by atoms with Crippen molar-refractivity contribution in [1.29, 1.82) is 0 Å². The molecule has 4 rings (SSSR count). The van der Waals surface area contributed by atoms with Crippen molar-refractivity contribution in [3.8, 4) is 17.2 Å². The van der Waals surface area contributed by atoms with Crippen molar-refractivity contribution in [3.05, 3.63) is 83.4 Å². The largest absolute Gasteiger partial charge is 0.486 e. The van der Waals surface area contributed by atoms with Crippen LogP contribution in [0.4, 0.5) is 14.5 Å². The van der Waals surface area contributed by atoms with Crippen LogP contribution in [0.25, 0.3) is 0 Å². The molecule has 0 bridgehead atoms. The van der Waals surface area contributed by atoms with Gasteiger partial charge in [-0.15, -0.1) is 0 Å². The van der Waals surface area contributed by atoms with E-state index >= 15 is 0 Å². The predicted octanol–water partition coefficient (Wildman–Crippen LogP) is 4.57. The van der Waals surface area contributed by atoms with Crippen LogP contribution in [-0.4, -0.2) is 19.1 Å². The summed E-state index contributed by atoms with van der Waals surface area (Å²) in [6.07, 6.45) is 0. The number of amides is 1. The maximum Gasteiger partial charge on any atom is 0.259 e. The average Bonchev–Trinajstić information content (AvgIpc) is 2.73. The molecule has 148 valence electrons. The lowest BCUT2D eigenvalue weighted by atomic mass is 10.1. The molecular formula is C22H17F2NO4. The van der Waals surface area contributed by atoms with Crippen LogP contribution in [0.3, 0.4) is 0 Å². The van der Waals surface area contributed by atoms with Crippen LogP contribution < -0.4 is 19.5 Å². The van der Waals surface area contributed by atoms with Gasteiger partial charge in [0.2, 0.25) is 0 Å². The smallest absolute Gasteiger partial charge is 0.259 e. The van der Waals surface area contributed by atoms with E-state index in [2.05, 4.69) is 5.32 Å². The summed E-state index contributed by atoms with van der Waals surface area (Å²) < 4.78 is 44.0. The molecule has 0 saturated carbocycles. The van der Waals surface area contributed by atoms with Crippen molar-refractivity contribution in [2.45, 2.75) is 6.61 Å². The Kier molecular flexibility index (Phi) is 5.29. The normalized spacial score (nSPS) is 12.3. The van der Waals surface area contributed by atoms with Gasteiger partial charge in [0.1, 0.15) is 25.6 Å². The Morgan fingerprint density at radius 1 is 1.00 bits per heavy atom. The summed E-state index contributed by atoms with van der Waals surface area (Å²) in [7, 11) is 0. The summed E-state index contributed by atoms with van der Waals surface area (Å²) in [5, 5.41) is 2.64. The first kappa shape index (κ1) is 18.7. The molecule has 1 heterocycles. The summed E-state index contributed by atoms with van der Waals surface area (Å²) in [6.45, 7) is 0.789. The molecule has 5 nitrogen and oxygen atoms in total. The van der Waals surface area contributed by atoms with Crippen molar-refractivity contribution < 1.29 is 27.8 Å². The molecule has 0 saturated heterocycles. The molecule has 3 aromatic carbocycles. The van der Waals surface area contributed by atoms with Gasteiger partial charge in [-0.2, -0.15) is 0 Å². The van der Waals surface area contributed by atoms with E-state index < -0.39 is 11.7 Å². The Labute approximate surface area is 165 Å². The summed E-state index contributed by atoms with van der Waals surface area (Å²) >= 11 is 0. The van der Waals surface area contributed by atoms with Crippen molar-refractivity contribution in [1.82, 2.24) is 0 Å². The van der Waals surface area contributed by atoms with Gasteiger partial charge < -0.3 is 19.5 Å². The van der Waals surface area contributed by atoms with E-state index in [1.165, 1.54) is 24.3 Å². The van der Waals surface area contributed by atoms with Crippen LogP contribution in [0.15, 0.2) is 60.7 Å². The van der Waals surface area contributed by atoms with Crippen LogP contribution in [0, 0.1) is 11.6 Å². The number of ether oxygens (including phenoxy) is 3. The molecule has 0 aromatic heterocycles. The van der Waals surface area contributed by atoms with Gasteiger partial charge >= 0.3 is 0 Å². The van der Waals surface area contributed by atoms with Gasteiger partial charge in [-0.3, -0.25) is 4.79 Å². The lowest BCUT2D eigenvalue weighted by molar-refractivity contribution is 0.101. The monoisotopic (exact) mass is 397 g/mol. The minimum Gasteiger partial charge on any atom is -0.486 e. The number of carbonyl (C=O) groups is 1. The topological polar surface area (TPSA) is 56.8 Å². The summed E-state index contributed by atoms with van der Waals surface area (Å²) in [5.74, 6) is -0.611. The second-order valence-electron chi connectivity index (χ2n) is 6.35. The van der Waals surface area contributed by atoms with Gasteiger partial charge in [0.15, 0.2) is 23.1 Å². The van der Waals surface area contributed by atoms with E-state index in [-0.39, 0.29) is 23.9 Å². The lowest BCUT2D eigenvalue weighted by Gasteiger charge is -2.20. The molecule has 1 N–H and O–H groups in total. The van der Waals surface area contributed by atoms with E-state index in [1.54, 1.807) is 30.3 Å². The van der Waals surface area contributed by atoms with Gasteiger partial charge in [-0.25, -0.2) is 8.78 Å². The highest BCUT2D eigenvalue weighted by Gasteiger charge is 2.20. The molecular weight excluding hydrogens is 380 g/mol. The summed E-state index contributed by atoms with van der Waals surface area (Å²) in [6, 6.07) is 15.0. The second-order valence-corrected chi connectivity index (χ2v) is 6.35. The van der Waals surface area contributed by atoms with Crippen molar-refractivity contribution in [3.63, 3.8) is 0 Å². The van der Waals surface area contributed by atoms with Gasteiger partial charge in [-0.05, 0) is 42.0 Å². The molecule has 3 aromatic rings. The van der Waals surface area contributed by atoms with Gasteiger partial charge in [0, 0.05) is 11.8 Å². The highest BCUT2D eigenvalue weighted by atomic mass is 19.1. The minimum atomic E-state index is -0.645. The zero-order valence-corrected chi connectivity index (χ0v) is 15.3. The van der Waals surface area contributed by atoms with Crippen LogP contribution in [0.1, 0.15) is 15.9 Å². The summed E-state index contributed by atoms with van der Waals surface area (Å²) in [5.41, 5.74) is 1.15. The molecule has 1 aliphatic rings. The molecule has 0 radical (unpaired) electrons. The maximum atomic E-state index is 14.4. The molecule has 1 aliphatic heterocycles. The van der Waals surface area contributed by atoms with Crippen molar-refractivity contribution in [2.24, 2.45) is 0 Å². The van der Waals surface area contributed by atoms with Gasteiger partial charge in [0.25, 0.3) is 5.91 Å². The lowest BCUT2D eigenvalue weighted by Crippen LogP contribution is -2.20. The number of benzene rings is 3. The average molecular weight is 397 g/mol. The third-order valence-corrected chi connectivity index (χ3v) is 4.28. The SMILES string of the molecule is O=C(Nc1ccc(OCc2cccc(F)c2)c(F)c1)c1cccc2c1OCCO2. The third kappa shape index (κ3) is 4.29. The molecule has 29 heavy (non-hydrogen) atoms. The Bertz CT molecular complexity index is 1050. The quantitative estimate of drug-likeness (QED) is 0.685. The number of para-hydroxylation sites is 1. The number of hydrogen-bond acceptors (Lipinski definition) is 4. The highest BCUT2D eigenvalue weighted by molar-refractivity contribution is 6.06. The predicted molar refractivity (Wildman–Crippen MR) is 103 cm³/mol. The zero-order chi connectivity index (χ0) is 20.2. The van der Waals surface area contributed by atoms with E-state index in [4.69, 9.17) is 14.2 Å². The van der Waals surface area contributed by atoms with E-state index in [1.807, 2.05) is 0 Å². The zero-order valence-electron chi connectivity index (χ0n) is 15.3. The molecule has 0 unspecified atom stereocenters. The van der Waals surface area contributed by atoms with Crippen LogP contribution in [-0.2, 0) is 6.61 Å².